The molecule has 0 aliphatic carbocycles. The summed E-state index contributed by atoms with van der Waals surface area (Å²) in [6, 6.07) is 10.2. The van der Waals surface area contributed by atoms with E-state index >= 15 is 0 Å². The third kappa shape index (κ3) is 3.53. The summed E-state index contributed by atoms with van der Waals surface area (Å²) in [6.45, 7) is 0.234. The molecule has 1 aromatic heterocycles. The van der Waals surface area contributed by atoms with Gasteiger partial charge >= 0.3 is 0 Å². The zero-order chi connectivity index (χ0) is 15.5. The molecule has 0 amide bonds. The zero-order valence-corrected chi connectivity index (χ0v) is 13.2. The molecule has 0 aliphatic heterocycles. The average Bonchev–Trinajstić information content (AvgIpc) is 2.48. The van der Waals surface area contributed by atoms with Crippen molar-refractivity contribution in [3.8, 4) is 5.75 Å². The van der Waals surface area contributed by atoms with Gasteiger partial charge in [-0.3, -0.25) is 0 Å². The van der Waals surface area contributed by atoms with E-state index in [9.17, 15) is 8.42 Å². The molecule has 2 aromatic rings. The highest BCUT2D eigenvalue weighted by Crippen LogP contribution is 2.23. The Morgan fingerprint density at radius 3 is 2.48 bits per heavy atom. The first-order valence-corrected chi connectivity index (χ1v) is 7.96. The molecule has 7 heteroatoms. The number of sulfonamides is 1. The van der Waals surface area contributed by atoms with Crippen LogP contribution in [0.5, 0.6) is 5.75 Å². The lowest BCUT2D eigenvalue weighted by Crippen LogP contribution is -2.26. The van der Waals surface area contributed by atoms with Crippen LogP contribution in [0.25, 0.3) is 0 Å². The number of hydrogen-bond acceptors (Lipinski definition) is 4. The molecular formula is C14H15ClN2O3S. The van der Waals surface area contributed by atoms with E-state index in [1.807, 2.05) is 12.1 Å². The molecule has 0 unspecified atom stereocenters. The fourth-order valence-electron chi connectivity index (χ4n) is 1.80. The molecule has 0 fully saturated rings. The maximum absolute atomic E-state index is 12.5. The molecule has 1 heterocycles. The van der Waals surface area contributed by atoms with Crippen LogP contribution < -0.4 is 4.74 Å². The second-order valence-electron chi connectivity index (χ2n) is 4.40. The summed E-state index contributed by atoms with van der Waals surface area (Å²) in [5.74, 6) is 0.722. The van der Waals surface area contributed by atoms with E-state index in [1.54, 1.807) is 25.3 Å². The topological polar surface area (TPSA) is 59.5 Å². The lowest BCUT2D eigenvalue weighted by atomic mass is 10.2. The van der Waals surface area contributed by atoms with Gasteiger partial charge in [0, 0.05) is 19.8 Å². The van der Waals surface area contributed by atoms with Gasteiger partial charge in [0.2, 0.25) is 10.0 Å². The lowest BCUT2D eigenvalue weighted by molar-refractivity contribution is 0.414. The van der Waals surface area contributed by atoms with E-state index in [0.717, 1.165) is 11.3 Å². The fourth-order valence-corrected chi connectivity index (χ4v) is 3.39. The summed E-state index contributed by atoms with van der Waals surface area (Å²) < 4.78 is 31.2. The zero-order valence-electron chi connectivity index (χ0n) is 11.7. The maximum atomic E-state index is 12.5. The van der Waals surface area contributed by atoms with Crippen LogP contribution in [0.15, 0.2) is 47.5 Å². The fraction of sp³-hybridized carbons (Fsp3) is 0.214. The van der Waals surface area contributed by atoms with Crippen molar-refractivity contribution >= 4 is 21.6 Å². The van der Waals surface area contributed by atoms with Gasteiger partial charge in [0.05, 0.1) is 7.11 Å². The van der Waals surface area contributed by atoms with Gasteiger partial charge in [-0.2, -0.15) is 4.31 Å². The standard InChI is InChI=1S/C14H15ClN2O3S/c1-17(10-11-5-7-12(20-2)8-6-11)21(18,19)13-4-3-9-16-14(13)15/h3-9H,10H2,1-2H3. The molecule has 0 bridgehead atoms. The predicted molar refractivity (Wildman–Crippen MR) is 80.9 cm³/mol. The van der Waals surface area contributed by atoms with Crippen molar-refractivity contribution in [2.24, 2.45) is 0 Å². The predicted octanol–water partition coefficient (Wildman–Crippen LogP) is 2.56. The minimum absolute atomic E-state index is 0.00248. The first-order chi connectivity index (χ1) is 9.95. The smallest absolute Gasteiger partial charge is 0.246 e. The number of ether oxygens (including phenoxy) is 1. The van der Waals surface area contributed by atoms with Gasteiger partial charge in [-0.15, -0.1) is 0 Å². The molecule has 1 aromatic carbocycles. The van der Waals surface area contributed by atoms with Crippen LogP contribution in [0.3, 0.4) is 0 Å². The summed E-state index contributed by atoms with van der Waals surface area (Å²) in [7, 11) is -0.594. The number of hydrogen-bond donors (Lipinski definition) is 0. The number of aromatic nitrogens is 1. The Morgan fingerprint density at radius 2 is 1.90 bits per heavy atom. The molecule has 21 heavy (non-hydrogen) atoms. The van der Waals surface area contributed by atoms with Crippen LogP contribution in [0, 0.1) is 0 Å². The van der Waals surface area contributed by atoms with Gasteiger partial charge in [-0.25, -0.2) is 13.4 Å². The Kier molecular flexibility index (Phi) is 4.82. The van der Waals surface area contributed by atoms with Gasteiger partial charge in [-0.1, -0.05) is 23.7 Å². The van der Waals surface area contributed by atoms with Gasteiger partial charge < -0.3 is 4.74 Å². The van der Waals surface area contributed by atoms with E-state index in [1.165, 1.54) is 23.6 Å². The quantitative estimate of drug-likeness (QED) is 0.792. The minimum atomic E-state index is -3.68. The van der Waals surface area contributed by atoms with Crippen molar-refractivity contribution in [1.82, 2.24) is 9.29 Å². The average molecular weight is 327 g/mol. The third-order valence-corrected chi connectivity index (χ3v) is 5.23. The van der Waals surface area contributed by atoms with E-state index in [2.05, 4.69) is 4.98 Å². The van der Waals surface area contributed by atoms with Crippen molar-refractivity contribution in [2.75, 3.05) is 14.2 Å². The van der Waals surface area contributed by atoms with Crippen LogP contribution in [-0.4, -0.2) is 31.9 Å². The summed E-state index contributed by atoms with van der Waals surface area (Å²) in [5, 5.41) is -0.0286. The SMILES string of the molecule is COc1ccc(CN(C)S(=O)(=O)c2cccnc2Cl)cc1. The summed E-state index contributed by atoms with van der Waals surface area (Å²) in [4.78, 5) is 3.80. The van der Waals surface area contributed by atoms with Gasteiger partial charge in [0.25, 0.3) is 0 Å². The van der Waals surface area contributed by atoms with E-state index in [4.69, 9.17) is 16.3 Å². The van der Waals surface area contributed by atoms with Gasteiger partial charge in [-0.05, 0) is 29.8 Å². The Morgan fingerprint density at radius 1 is 1.24 bits per heavy atom. The highest BCUT2D eigenvalue weighted by atomic mass is 35.5. The molecule has 2 rings (SSSR count). The largest absolute Gasteiger partial charge is 0.497 e. The Hall–Kier alpha value is -1.63. The molecule has 0 spiro atoms. The monoisotopic (exact) mass is 326 g/mol. The van der Waals surface area contributed by atoms with Crippen LogP contribution in [0.2, 0.25) is 5.15 Å². The van der Waals surface area contributed by atoms with Crippen molar-refractivity contribution in [2.45, 2.75) is 11.4 Å². The number of nitrogens with zero attached hydrogens (tertiary/aromatic N) is 2. The maximum Gasteiger partial charge on any atom is 0.246 e. The minimum Gasteiger partial charge on any atom is -0.497 e. The molecule has 0 saturated carbocycles. The molecular weight excluding hydrogens is 312 g/mol. The first-order valence-electron chi connectivity index (χ1n) is 6.15. The number of benzene rings is 1. The number of methoxy groups -OCH3 is 1. The third-order valence-electron chi connectivity index (χ3n) is 2.98. The summed E-state index contributed by atoms with van der Waals surface area (Å²) >= 11 is 5.86. The van der Waals surface area contributed by atoms with Crippen LogP contribution >= 0.6 is 11.6 Å². The summed E-state index contributed by atoms with van der Waals surface area (Å²) in [6.07, 6.45) is 1.45. The second-order valence-corrected chi connectivity index (χ2v) is 6.77. The molecule has 0 saturated heterocycles. The molecule has 0 atom stereocenters. The number of rotatable bonds is 5. The molecule has 112 valence electrons. The number of pyridine rings is 1. The molecule has 0 N–H and O–H groups in total. The molecule has 5 nitrogen and oxygen atoms in total. The lowest BCUT2D eigenvalue weighted by Gasteiger charge is -2.17. The van der Waals surface area contributed by atoms with E-state index in [-0.39, 0.29) is 16.6 Å². The first kappa shape index (κ1) is 15.8. The van der Waals surface area contributed by atoms with E-state index in [0.29, 0.717) is 0 Å². The van der Waals surface area contributed by atoms with E-state index < -0.39 is 10.0 Å². The Balaban J connectivity index is 2.22. The van der Waals surface area contributed by atoms with Crippen LogP contribution in [0.4, 0.5) is 0 Å². The Labute approximate surface area is 129 Å². The van der Waals surface area contributed by atoms with Crippen molar-refractivity contribution < 1.29 is 13.2 Å². The molecule has 0 radical (unpaired) electrons. The second kappa shape index (κ2) is 6.43. The van der Waals surface area contributed by atoms with Crippen LogP contribution in [0.1, 0.15) is 5.56 Å². The van der Waals surface area contributed by atoms with Gasteiger partial charge in [0.15, 0.2) is 0 Å². The summed E-state index contributed by atoms with van der Waals surface area (Å²) in [5.41, 5.74) is 0.849. The normalized spacial score (nSPS) is 11.6. The molecule has 0 aliphatic rings. The van der Waals surface area contributed by atoms with Crippen molar-refractivity contribution in [3.63, 3.8) is 0 Å². The highest BCUT2D eigenvalue weighted by Gasteiger charge is 2.24. The number of halogens is 1. The van der Waals surface area contributed by atoms with Crippen molar-refractivity contribution in [3.05, 3.63) is 53.3 Å². The van der Waals surface area contributed by atoms with Crippen LogP contribution in [-0.2, 0) is 16.6 Å². The van der Waals surface area contributed by atoms with Crippen molar-refractivity contribution in [1.29, 1.82) is 0 Å². The highest BCUT2D eigenvalue weighted by molar-refractivity contribution is 7.89. The Bertz CT molecular complexity index is 717. The van der Waals surface area contributed by atoms with Gasteiger partial charge in [0.1, 0.15) is 15.8 Å².